The van der Waals surface area contributed by atoms with Crippen LogP contribution in [0.5, 0.6) is 0 Å². The first-order valence-electron chi connectivity index (χ1n) is 10.3. The number of para-hydroxylation sites is 1. The zero-order valence-corrected chi connectivity index (χ0v) is 16.9. The van der Waals surface area contributed by atoms with Crippen LogP contribution in [0.15, 0.2) is 78.9 Å². The van der Waals surface area contributed by atoms with Crippen molar-refractivity contribution in [2.45, 2.75) is 19.5 Å². The summed E-state index contributed by atoms with van der Waals surface area (Å²) in [5.74, 6) is -0.276. The first kappa shape index (κ1) is 19.9. The molecule has 1 unspecified atom stereocenters. The second-order valence-corrected chi connectivity index (χ2v) is 7.63. The molecule has 1 aliphatic rings. The quantitative estimate of drug-likeness (QED) is 0.594. The molecule has 0 bridgehead atoms. The number of quaternary nitrogens is 1. The average molecular weight is 401 g/mol. The van der Waals surface area contributed by atoms with Crippen molar-refractivity contribution in [1.29, 1.82) is 0 Å². The van der Waals surface area contributed by atoms with E-state index in [9.17, 15) is 9.59 Å². The van der Waals surface area contributed by atoms with Crippen molar-refractivity contribution in [1.82, 2.24) is 5.32 Å². The second kappa shape index (κ2) is 9.37. The third-order valence-electron chi connectivity index (χ3n) is 5.46. The zero-order chi connectivity index (χ0) is 20.8. The van der Waals surface area contributed by atoms with Crippen LogP contribution in [0.3, 0.4) is 0 Å². The van der Waals surface area contributed by atoms with Crippen LogP contribution in [0.4, 0.5) is 5.69 Å². The normalized spacial score (nSPS) is 15.1. The number of benzene rings is 3. The minimum absolute atomic E-state index is 0.0762. The standard InChI is InChI=1S/C25H25N3O2/c29-24(18-28-15-14-20-10-4-5-11-21(20)17-28)27-23-13-7-6-12-22(23)25(30)26-16-19-8-2-1-3-9-19/h1-13H,14-18H2,(H,26,30)(H,27,29)/p+1. The number of anilines is 1. The minimum atomic E-state index is -0.200. The fourth-order valence-electron chi connectivity index (χ4n) is 3.88. The molecule has 152 valence electrons. The van der Waals surface area contributed by atoms with Gasteiger partial charge in [0, 0.05) is 18.5 Å². The molecule has 4 rings (SSSR count). The Morgan fingerprint density at radius 3 is 2.37 bits per heavy atom. The lowest BCUT2D eigenvalue weighted by molar-refractivity contribution is -0.907. The van der Waals surface area contributed by atoms with Crippen molar-refractivity contribution in [3.8, 4) is 0 Å². The second-order valence-electron chi connectivity index (χ2n) is 7.63. The van der Waals surface area contributed by atoms with E-state index in [0.29, 0.717) is 24.3 Å². The number of rotatable bonds is 6. The summed E-state index contributed by atoms with van der Waals surface area (Å²) < 4.78 is 0. The van der Waals surface area contributed by atoms with Gasteiger partial charge in [0.15, 0.2) is 6.54 Å². The molecule has 1 atom stereocenters. The molecule has 0 aliphatic carbocycles. The predicted octanol–water partition coefficient (Wildman–Crippen LogP) is 2.20. The molecule has 0 fully saturated rings. The SMILES string of the molecule is O=C(C[NH+]1CCc2ccccc2C1)Nc1ccccc1C(=O)NCc1ccccc1. The van der Waals surface area contributed by atoms with Crippen LogP contribution in [0.25, 0.3) is 0 Å². The maximum atomic E-state index is 12.7. The van der Waals surface area contributed by atoms with Gasteiger partial charge in [0.25, 0.3) is 11.8 Å². The van der Waals surface area contributed by atoms with E-state index in [2.05, 4.69) is 28.8 Å². The number of nitrogens with one attached hydrogen (secondary N) is 3. The van der Waals surface area contributed by atoms with Crippen molar-refractivity contribution in [2.75, 3.05) is 18.4 Å². The summed E-state index contributed by atoms with van der Waals surface area (Å²) in [7, 11) is 0. The lowest BCUT2D eigenvalue weighted by Gasteiger charge is -2.25. The maximum Gasteiger partial charge on any atom is 0.279 e. The van der Waals surface area contributed by atoms with Crippen LogP contribution in [-0.4, -0.2) is 24.9 Å². The molecule has 0 aromatic heterocycles. The summed E-state index contributed by atoms with van der Waals surface area (Å²) in [6.45, 7) is 2.61. The highest BCUT2D eigenvalue weighted by Gasteiger charge is 2.22. The Hall–Kier alpha value is -3.44. The average Bonchev–Trinajstić information content (AvgIpc) is 2.78. The topological polar surface area (TPSA) is 62.6 Å². The van der Waals surface area contributed by atoms with Crippen LogP contribution >= 0.6 is 0 Å². The van der Waals surface area contributed by atoms with E-state index in [1.807, 2.05) is 42.5 Å². The Morgan fingerprint density at radius 1 is 0.833 bits per heavy atom. The Bertz CT molecular complexity index is 1030. The van der Waals surface area contributed by atoms with E-state index in [4.69, 9.17) is 0 Å². The summed E-state index contributed by atoms with van der Waals surface area (Å²) in [6, 6.07) is 25.3. The highest BCUT2D eigenvalue weighted by molar-refractivity contribution is 6.03. The molecule has 1 aliphatic heterocycles. The smallest absolute Gasteiger partial charge is 0.279 e. The van der Waals surface area contributed by atoms with E-state index in [1.54, 1.807) is 18.2 Å². The van der Waals surface area contributed by atoms with Crippen LogP contribution in [-0.2, 0) is 24.3 Å². The van der Waals surface area contributed by atoms with Crippen molar-refractivity contribution in [3.63, 3.8) is 0 Å². The first-order valence-corrected chi connectivity index (χ1v) is 10.3. The van der Waals surface area contributed by atoms with Crippen LogP contribution < -0.4 is 15.5 Å². The van der Waals surface area contributed by atoms with Crippen LogP contribution in [0.1, 0.15) is 27.0 Å². The van der Waals surface area contributed by atoms with E-state index >= 15 is 0 Å². The van der Waals surface area contributed by atoms with Crippen molar-refractivity contribution in [2.24, 2.45) is 0 Å². The molecule has 0 saturated heterocycles. The summed E-state index contributed by atoms with van der Waals surface area (Å²) in [5, 5.41) is 5.87. The van der Waals surface area contributed by atoms with Crippen molar-refractivity contribution in [3.05, 3.63) is 101 Å². The predicted molar refractivity (Wildman–Crippen MR) is 117 cm³/mol. The minimum Gasteiger partial charge on any atom is -0.348 e. The van der Waals surface area contributed by atoms with E-state index in [0.717, 1.165) is 25.1 Å². The van der Waals surface area contributed by atoms with Gasteiger partial charge in [-0.05, 0) is 23.3 Å². The van der Waals surface area contributed by atoms with Gasteiger partial charge in [-0.1, -0.05) is 66.7 Å². The van der Waals surface area contributed by atoms with Gasteiger partial charge in [0.1, 0.15) is 6.54 Å². The Labute approximate surface area is 176 Å². The summed E-state index contributed by atoms with van der Waals surface area (Å²) in [6.07, 6.45) is 0.983. The fourth-order valence-corrected chi connectivity index (χ4v) is 3.88. The summed E-state index contributed by atoms with van der Waals surface area (Å²) in [5.41, 5.74) is 4.74. The van der Waals surface area contributed by atoms with Gasteiger partial charge >= 0.3 is 0 Å². The maximum absolute atomic E-state index is 12.7. The molecule has 2 amide bonds. The van der Waals surface area contributed by atoms with E-state index in [-0.39, 0.29) is 11.8 Å². The van der Waals surface area contributed by atoms with Gasteiger partial charge in [-0.15, -0.1) is 0 Å². The molecular weight excluding hydrogens is 374 g/mol. The lowest BCUT2D eigenvalue weighted by atomic mass is 10.00. The van der Waals surface area contributed by atoms with Gasteiger partial charge in [-0.2, -0.15) is 0 Å². The van der Waals surface area contributed by atoms with Crippen LogP contribution in [0.2, 0.25) is 0 Å². The molecule has 30 heavy (non-hydrogen) atoms. The third kappa shape index (κ3) is 4.93. The number of carbonyl (C=O) groups is 2. The molecular formula is C25H26N3O2+. The molecule has 0 radical (unpaired) electrons. The van der Waals surface area contributed by atoms with Gasteiger partial charge in [0.2, 0.25) is 0 Å². The highest BCUT2D eigenvalue weighted by atomic mass is 16.2. The molecule has 0 saturated carbocycles. The van der Waals surface area contributed by atoms with Gasteiger partial charge in [-0.25, -0.2) is 0 Å². The molecule has 1 heterocycles. The Morgan fingerprint density at radius 2 is 1.53 bits per heavy atom. The molecule has 0 spiro atoms. The molecule has 3 aromatic carbocycles. The number of carbonyl (C=O) groups excluding carboxylic acids is 2. The van der Waals surface area contributed by atoms with Crippen LogP contribution in [0, 0.1) is 0 Å². The fraction of sp³-hybridized carbons (Fsp3) is 0.200. The largest absolute Gasteiger partial charge is 0.348 e. The molecule has 3 aromatic rings. The highest BCUT2D eigenvalue weighted by Crippen LogP contribution is 2.15. The van der Waals surface area contributed by atoms with Crippen molar-refractivity contribution >= 4 is 17.5 Å². The number of hydrogen-bond acceptors (Lipinski definition) is 2. The molecule has 5 heteroatoms. The Balaban J connectivity index is 1.36. The Kier molecular flexibility index (Phi) is 6.20. The number of hydrogen-bond donors (Lipinski definition) is 3. The van der Waals surface area contributed by atoms with E-state index < -0.39 is 0 Å². The first-order chi connectivity index (χ1) is 14.7. The third-order valence-corrected chi connectivity index (χ3v) is 5.46. The van der Waals surface area contributed by atoms with Gasteiger partial charge < -0.3 is 15.5 Å². The monoisotopic (exact) mass is 400 g/mol. The lowest BCUT2D eigenvalue weighted by Crippen LogP contribution is -3.12. The van der Waals surface area contributed by atoms with Gasteiger partial charge in [-0.3, -0.25) is 9.59 Å². The number of amides is 2. The number of fused-ring (bicyclic) bond motifs is 1. The zero-order valence-electron chi connectivity index (χ0n) is 16.9. The van der Waals surface area contributed by atoms with E-state index in [1.165, 1.54) is 16.0 Å². The van der Waals surface area contributed by atoms with Crippen molar-refractivity contribution < 1.29 is 14.5 Å². The summed E-state index contributed by atoms with van der Waals surface area (Å²) in [4.78, 5) is 26.6. The van der Waals surface area contributed by atoms with Gasteiger partial charge in [0.05, 0.1) is 17.8 Å². The molecule has 5 nitrogen and oxygen atoms in total. The summed E-state index contributed by atoms with van der Waals surface area (Å²) >= 11 is 0. The molecule has 3 N–H and O–H groups in total.